The van der Waals surface area contributed by atoms with Crippen molar-refractivity contribution in [1.82, 2.24) is 0 Å². The van der Waals surface area contributed by atoms with Gasteiger partial charge in [0.25, 0.3) is 5.91 Å². The molecule has 1 amide bonds. The first-order valence-electron chi connectivity index (χ1n) is 6.84. The minimum atomic E-state index is -0.0375. The van der Waals surface area contributed by atoms with Crippen molar-refractivity contribution >= 4 is 5.91 Å². The third-order valence-corrected chi connectivity index (χ3v) is 5.44. The highest BCUT2D eigenvalue weighted by Crippen LogP contribution is 2.63. The van der Waals surface area contributed by atoms with E-state index in [2.05, 4.69) is 10.2 Å². The molecule has 17 heavy (non-hydrogen) atoms. The number of nitrogens with zero attached hydrogens (tertiary/aromatic N) is 2. The van der Waals surface area contributed by atoms with Gasteiger partial charge >= 0.3 is 0 Å². The molecule has 0 aromatic carbocycles. The fourth-order valence-corrected chi connectivity index (χ4v) is 5.40. The number of carbonyl (C=O) groups excluding carboxylic acids is 1. The van der Waals surface area contributed by atoms with Crippen molar-refractivity contribution in [3.63, 3.8) is 0 Å². The Bertz CT molecular complexity index is 426. The zero-order chi connectivity index (χ0) is 11.6. The van der Waals surface area contributed by atoms with Gasteiger partial charge in [0.2, 0.25) is 0 Å². The van der Waals surface area contributed by atoms with Gasteiger partial charge in [0.15, 0.2) is 0 Å². The van der Waals surface area contributed by atoms with E-state index in [1.165, 1.54) is 38.5 Å². The lowest BCUT2D eigenvalue weighted by Crippen LogP contribution is -2.47. The van der Waals surface area contributed by atoms with Crippen LogP contribution in [0.5, 0.6) is 0 Å². The van der Waals surface area contributed by atoms with Crippen molar-refractivity contribution in [1.29, 1.82) is 0 Å². The summed E-state index contributed by atoms with van der Waals surface area (Å²) in [5, 5.41) is 7.78. The molecule has 0 saturated heterocycles. The van der Waals surface area contributed by atoms with Gasteiger partial charge in [-0.15, -0.1) is 5.11 Å². The van der Waals surface area contributed by atoms with Gasteiger partial charge in [-0.25, -0.2) is 0 Å². The van der Waals surface area contributed by atoms with E-state index in [1.54, 1.807) is 0 Å². The highest BCUT2D eigenvalue weighted by atomic mass is 16.2. The molecule has 90 valence electrons. The zero-order valence-electron chi connectivity index (χ0n) is 10.3. The second-order valence-electron chi connectivity index (χ2n) is 6.66. The average molecular weight is 230 g/mol. The van der Waals surface area contributed by atoms with Crippen LogP contribution in [-0.2, 0) is 4.79 Å². The van der Waals surface area contributed by atoms with Crippen LogP contribution >= 0.6 is 0 Å². The molecule has 1 aliphatic heterocycles. The molecule has 3 nitrogen and oxygen atoms in total. The maximum atomic E-state index is 12.0. The summed E-state index contributed by atoms with van der Waals surface area (Å²) in [5.74, 6) is 2.57. The molecule has 1 heterocycles. The topological polar surface area (TPSA) is 41.8 Å². The Balaban J connectivity index is 1.78. The molecule has 4 aliphatic carbocycles. The van der Waals surface area contributed by atoms with Crippen LogP contribution in [0, 0.1) is 23.2 Å². The second kappa shape index (κ2) is 3.06. The summed E-state index contributed by atoms with van der Waals surface area (Å²) < 4.78 is 0. The monoisotopic (exact) mass is 230 g/mol. The highest BCUT2D eigenvalue weighted by Gasteiger charge is 2.55. The summed E-state index contributed by atoms with van der Waals surface area (Å²) in [5.41, 5.74) is 2.05. The van der Waals surface area contributed by atoms with Crippen molar-refractivity contribution in [2.45, 2.75) is 45.4 Å². The van der Waals surface area contributed by atoms with Crippen LogP contribution in [-0.4, -0.2) is 5.91 Å². The van der Waals surface area contributed by atoms with Crippen LogP contribution in [0.2, 0.25) is 0 Å². The predicted octanol–water partition coefficient (Wildman–Crippen LogP) is 3.47. The van der Waals surface area contributed by atoms with Gasteiger partial charge in [0, 0.05) is 5.41 Å². The van der Waals surface area contributed by atoms with Gasteiger partial charge in [0.05, 0.1) is 11.3 Å². The summed E-state index contributed by atoms with van der Waals surface area (Å²) in [6.45, 7) is 1.96. The van der Waals surface area contributed by atoms with E-state index in [1.807, 2.05) is 6.92 Å². The van der Waals surface area contributed by atoms with E-state index in [-0.39, 0.29) is 11.3 Å². The normalized spacial score (nSPS) is 47.4. The lowest BCUT2D eigenvalue weighted by atomic mass is 9.47. The fourth-order valence-electron chi connectivity index (χ4n) is 5.40. The number of carbonyl (C=O) groups is 1. The van der Waals surface area contributed by atoms with Crippen LogP contribution in [0.25, 0.3) is 0 Å². The molecule has 3 heteroatoms. The van der Waals surface area contributed by atoms with Crippen LogP contribution in [0.1, 0.15) is 45.4 Å². The lowest BCUT2D eigenvalue weighted by Gasteiger charge is -2.57. The van der Waals surface area contributed by atoms with Crippen molar-refractivity contribution in [3.05, 3.63) is 11.3 Å². The third kappa shape index (κ3) is 1.25. The lowest BCUT2D eigenvalue weighted by molar-refractivity contribution is -0.118. The molecular weight excluding hydrogens is 212 g/mol. The Morgan fingerprint density at radius 2 is 1.53 bits per heavy atom. The number of azo groups is 1. The number of amides is 1. The van der Waals surface area contributed by atoms with Crippen molar-refractivity contribution in [2.75, 3.05) is 0 Å². The molecule has 0 spiro atoms. The van der Waals surface area contributed by atoms with Crippen molar-refractivity contribution in [2.24, 2.45) is 33.4 Å². The Hall–Kier alpha value is -0.990. The first-order valence-corrected chi connectivity index (χ1v) is 6.84. The third-order valence-electron chi connectivity index (χ3n) is 5.44. The van der Waals surface area contributed by atoms with E-state index < -0.39 is 0 Å². The van der Waals surface area contributed by atoms with E-state index in [0.717, 1.165) is 29.0 Å². The minimum Gasteiger partial charge on any atom is -0.265 e. The Morgan fingerprint density at radius 1 is 1.00 bits per heavy atom. The molecule has 4 bridgehead atoms. The standard InChI is InChI=1S/C14H18N2O/c1-8-12(13(17)16-15-8)14-5-9-2-10(6-14)4-11(3-9)7-14/h9-11H,2-7H2,1H3. The minimum absolute atomic E-state index is 0.0375. The molecule has 0 radical (unpaired) electrons. The quantitative estimate of drug-likeness (QED) is 0.680. The Morgan fingerprint density at radius 3 is 1.94 bits per heavy atom. The summed E-state index contributed by atoms with van der Waals surface area (Å²) >= 11 is 0. The van der Waals surface area contributed by atoms with Gasteiger partial charge < -0.3 is 0 Å². The molecule has 0 atom stereocenters. The van der Waals surface area contributed by atoms with Crippen LogP contribution < -0.4 is 0 Å². The van der Waals surface area contributed by atoms with E-state index in [4.69, 9.17) is 0 Å². The molecule has 4 fully saturated rings. The second-order valence-corrected chi connectivity index (χ2v) is 6.66. The molecule has 0 N–H and O–H groups in total. The Labute approximate surface area is 101 Å². The largest absolute Gasteiger partial charge is 0.293 e. The SMILES string of the molecule is CC1=C(C23CC4CC(CC(C4)C2)C3)C(=O)N=N1. The number of hydrogen-bond donors (Lipinski definition) is 0. The first kappa shape index (κ1) is 9.98. The summed E-state index contributed by atoms with van der Waals surface area (Å²) in [6.07, 6.45) is 7.91. The maximum Gasteiger partial charge on any atom is 0.293 e. The van der Waals surface area contributed by atoms with Crippen LogP contribution in [0.4, 0.5) is 0 Å². The van der Waals surface area contributed by atoms with Gasteiger partial charge in [0.1, 0.15) is 0 Å². The Kier molecular flexibility index (Phi) is 1.80. The molecule has 0 aromatic heterocycles. The molecular formula is C14H18N2O. The fraction of sp³-hybridized carbons (Fsp3) is 0.786. The average Bonchev–Trinajstić information content (AvgIpc) is 2.56. The zero-order valence-corrected chi connectivity index (χ0v) is 10.3. The summed E-state index contributed by atoms with van der Waals surface area (Å²) in [7, 11) is 0. The van der Waals surface area contributed by atoms with Crippen LogP contribution in [0.3, 0.4) is 0 Å². The van der Waals surface area contributed by atoms with Gasteiger partial charge in [-0.2, -0.15) is 5.11 Å². The predicted molar refractivity (Wildman–Crippen MR) is 63.2 cm³/mol. The summed E-state index contributed by atoms with van der Waals surface area (Å²) in [6, 6.07) is 0. The molecule has 0 aromatic rings. The molecule has 5 rings (SSSR count). The molecule has 0 unspecified atom stereocenters. The van der Waals surface area contributed by atoms with E-state index in [0.29, 0.717) is 0 Å². The smallest absolute Gasteiger partial charge is 0.265 e. The number of rotatable bonds is 1. The van der Waals surface area contributed by atoms with E-state index >= 15 is 0 Å². The molecule has 4 saturated carbocycles. The van der Waals surface area contributed by atoms with Gasteiger partial charge in [-0.3, -0.25) is 4.79 Å². The van der Waals surface area contributed by atoms with Crippen LogP contribution in [0.15, 0.2) is 21.5 Å². The van der Waals surface area contributed by atoms with E-state index in [9.17, 15) is 4.79 Å². The number of allylic oxidation sites excluding steroid dienone is 1. The van der Waals surface area contributed by atoms with Crippen molar-refractivity contribution in [3.8, 4) is 0 Å². The van der Waals surface area contributed by atoms with Gasteiger partial charge in [-0.1, -0.05) is 0 Å². The van der Waals surface area contributed by atoms with Crippen molar-refractivity contribution < 1.29 is 4.79 Å². The summed E-state index contributed by atoms with van der Waals surface area (Å²) in [4.78, 5) is 12.0. The molecule has 5 aliphatic rings. The first-order chi connectivity index (χ1) is 8.16. The number of hydrogen-bond acceptors (Lipinski definition) is 2. The highest BCUT2D eigenvalue weighted by molar-refractivity contribution is 5.97. The van der Waals surface area contributed by atoms with Gasteiger partial charge in [-0.05, 0) is 63.2 Å². The maximum absolute atomic E-state index is 12.0.